The van der Waals surface area contributed by atoms with Crippen molar-refractivity contribution in [1.29, 1.82) is 0 Å². The summed E-state index contributed by atoms with van der Waals surface area (Å²) in [5.74, 6) is 0.378. The van der Waals surface area contributed by atoms with Crippen LogP contribution in [-0.4, -0.2) is 32.1 Å². The number of hydrogen-bond acceptors (Lipinski definition) is 3. The quantitative estimate of drug-likeness (QED) is 0.804. The van der Waals surface area contributed by atoms with Crippen molar-refractivity contribution in [2.24, 2.45) is 11.7 Å². The van der Waals surface area contributed by atoms with Crippen LogP contribution in [0.4, 0.5) is 5.69 Å². The minimum atomic E-state index is -0.401. The summed E-state index contributed by atoms with van der Waals surface area (Å²) < 4.78 is 0. The van der Waals surface area contributed by atoms with Crippen LogP contribution in [0.2, 0.25) is 0 Å². The van der Waals surface area contributed by atoms with Gasteiger partial charge in [-0.15, -0.1) is 24.8 Å². The minimum absolute atomic E-state index is 0. The van der Waals surface area contributed by atoms with E-state index in [9.17, 15) is 4.79 Å². The number of nitrogens with zero attached hydrogens (tertiary/aromatic N) is 1. The van der Waals surface area contributed by atoms with Gasteiger partial charge < -0.3 is 16.0 Å². The summed E-state index contributed by atoms with van der Waals surface area (Å²) in [6, 6.07) is 9.69. The standard InChI is InChI=1S/C15H25N3O.2ClH/c1-12(2)11-14(16)15(19)17-9-10-18(3)13-7-5-4-6-8-13;;/h4-8,12,14H,9-11,16H2,1-3H3,(H,17,19);2*1H/t14-;;/m0../s1. The van der Waals surface area contributed by atoms with Gasteiger partial charge in [0.15, 0.2) is 0 Å². The molecule has 122 valence electrons. The van der Waals surface area contributed by atoms with Crippen molar-refractivity contribution in [3.63, 3.8) is 0 Å². The van der Waals surface area contributed by atoms with Gasteiger partial charge >= 0.3 is 0 Å². The first kappa shape index (κ1) is 22.3. The number of para-hydroxylation sites is 1. The highest BCUT2D eigenvalue weighted by Crippen LogP contribution is 2.09. The Morgan fingerprint density at radius 1 is 1.24 bits per heavy atom. The summed E-state index contributed by atoms with van der Waals surface area (Å²) in [6.45, 7) is 5.51. The molecule has 21 heavy (non-hydrogen) atoms. The molecule has 0 radical (unpaired) electrons. The van der Waals surface area contributed by atoms with Crippen LogP contribution < -0.4 is 16.0 Å². The maximum absolute atomic E-state index is 11.7. The van der Waals surface area contributed by atoms with Crippen LogP contribution in [0, 0.1) is 5.92 Å². The van der Waals surface area contributed by atoms with Gasteiger partial charge in [-0.2, -0.15) is 0 Å². The monoisotopic (exact) mass is 335 g/mol. The Bertz CT molecular complexity index is 388. The number of anilines is 1. The zero-order chi connectivity index (χ0) is 14.3. The second-order valence-corrected chi connectivity index (χ2v) is 5.28. The van der Waals surface area contributed by atoms with Gasteiger partial charge in [-0.3, -0.25) is 4.79 Å². The molecule has 0 unspecified atom stereocenters. The van der Waals surface area contributed by atoms with Crippen LogP contribution >= 0.6 is 24.8 Å². The predicted octanol–water partition coefficient (Wildman–Crippen LogP) is 2.46. The highest BCUT2D eigenvalue weighted by Gasteiger charge is 2.14. The molecule has 3 N–H and O–H groups in total. The lowest BCUT2D eigenvalue weighted by Crippen LogP contribution is -2.43. The second kappa shape index (κ2) is 11.7. The molecule has 0 fully saturated rings. The number of carbonyl (C=O) groups excluding carboxylic acids is 1. The molecule has 1 aromatic rings. The molecule has 1 aromatic carbocycles. The average Bonchev–Trinajstić information content (AvgIpc) is 2.38. The molecular formula is C15H27Cl2N3O. The van der Waals surface area contributed by atoms with E-state index in [-0.39, 0.29) is 30.7 Å². The summed E-state index contributed by atoms with van der Waals surface area (Å²) in [7, 11) is 2.01. The zero-order valence-corrected chi connectivity index (χ0v) is 14.5. The Labute approximate surface area is 140 Å². The van der Waals surface area contributed by atoms with E-state index < -0.39 is 6.04 Å². The van der Waals surface area contributed by atoms with Crippen molar-refractivity contribution in [3.05, 3.63) is 30.3 Å². The van der Waals surface area contributed by atoms with Gasteiger partial charge in [-0.1, -0.05) is 32.0 Å². The first-order valence-corrected chi connectivity index (χ1v) is 6.80. The van der Waals surface area contributed by atoms with E-state index in [1.54, 1.807) is 0 Å². The van der Waals surface area contributed by atoms with Crippen molar-refractivity contribution in [1.82, 2.24) is 5.32 Å². The number of amides is 1. The molecule has 0 aliphatic rings. The molecular weight excluding hydrogens is 309 g/mol. The molecule has 0 spiro atoms. The summed E-state index contributed by atoms with van der Waals surface area (Å²) in [6.07, 6.45) is 0.723. The molecule has 1 amide bonds. The maximum Gasteiger partial charge on any atom is 0.236 e. The molecule has 0 saturated heterocycles. The molecule has 0 heterocycles. The number of hydrogen-bond donors (Lipinski definition) is 2. The Morgan fingerprint density at radius 3 is 2.33 bits per heavy atom. The van der Waals surface area contributed by atoms with Gasteiger partial charge in [0, 0.05) is 25.8 Å². The molecule has 0 aromatic heterocycles. The van der Waals surface area contributed by atoms with E-state index in [1.807, 2.05) is 37.4 Å². The van der Waals surface area contributed by atoms with Crippen molar-refractivity contribution in [2.45, 2.75) is 26.3 Å². The number of likely N-dealkylation sites (N-methyl/N-ethyl adjacent to an activating group) is 1. The third kappa shape index (κ3) is 8.81. The molecule has 4 nitrogen and oxygen atoms in total. The highest BCUT2D eigenvalue weighted by atomic mass is 35.5. The fraction of sp³-hybridized carbons (Fsp3) is 0.533. The molecule has 0 saturated carbocycles. The molecule has 0 bridgehead atoms. The molecule has 0 aliphatic heterocycles. The zero-order valence-electron chi connectivity index (χ0n) is 12.9. The Hall–Kier alpha value is -0.970. The number of nitrogens with one attached hydrogen (secondary N) is 1. The SMILES string of the molecule is CC(C)C[C@H](N)C(=O)NCCN(C)c1ccccc1.Cl.Cl. The maximum atomic E-state index is 11.7. The lowest BCUT2D eigenvalue weighted by Gasteiger charge is -2.20. The van der Waals surface area contributed by atoms with Crippen molar-refractivity contribution in [2.75, 3.05) is 25.0 Å². The fourth-order valence-electron chi connectivity index (χ4n) is 1.90. The van der Waals surface area contributed by atoms with Gasteiger partial charge in [0.1, 0.15) is 0 Å². The van der Waals surface area contributed by atoms with Gasteiger partial charge in [0.05, 0.1) is 6.04 Å². The molecule has 1 rings (SSSR count). The predicted molar refractivity (Wildman–Crippen MR) is 94.6 cm³/mol. The lowest BCUT2D eigenvalue weighted by atomic mass is 10.0. The third-order valence-corrected chi connectivity index (χ3v) is 3.01. The number of benzene rings is 1. The summed E-state index contributed by atoms with van der Waals surface area (Å²) >= 11 is 0. The van der Waals surface area contributed by atoms with Crippen molar-refractivity contribution in [3.8, 4) is 0 Å². The second-order valence-electron chi connectivity index (χ2n) is 5.28. The normalized spacial score (nSPS) is 11.1. The van der Waals surface area contributed by atoms with Gasteiger partial charge in [-0.25, -0.2) is 0 Å². The van der Waals surface area contributed by atoms with Gasteiger partial charge in [-0.05, 0) is 24.5 Å². The minimum Gasteiger partial charge on any atom is -0.373 e. The number of rotatable bonds is 7. The average molecular weight is 336 g/mol. The van der Waals surface area contributed by atoms with E-state index in [0.29, 0.717) is 12.5 Å². The van der Waals surface area contributed by atoms with Crippen LogP contribution in [0.15, 0.2) is 30.3 Å². The van der Waals surface area contributed by atoms with Crippen LogP contribution in [0.1, 0.15) is 20.3 Å². The van der Waals surface area contributed by atoms with E-state index in [1.165, 1.54) is 0 Å². The Morgan fingerprint density at radius 2 is 1.81 bits per heavy atom. The van der Waals surface area contributed by atoms with Gasteiger partial charge in [0.25, 0.3) is 0 Å². The topological polar surface area (TPSA) is 58.4 Å². The summed E-state index contributed by atoms with van der Waals surface area (Å²) in [5, 5.41) is 2.88. The van der Waals surface area contributed by atoms with Crippen molar-refractivity contribution >= 4 is 36.4 Å². The van der Waals surface area contributed by atoms with E-state index in [4.69, 9.17) is 5.73 Å². The lowest BCUT2D eigenvalue weighted by molar-refractivity contribution is -0.122. The Balaban J connectivity index is 0. The number of halogens is 2. The van der Waals surface area contributed by atoms with Crippen molar-refractivity contribution < 1.29 is 4.79 Å². The van der Waals surface area contributed by atoms with E-state index in [2.05, 4.69) is 24.1 Å². The van der Waals surface area contributed by atoms with E-state index >= 15 is 0 Å². The third-order valence-electron chi connectivity index (χ3n) is 3.01. The summed E-state index contributed by atoms with van der Waals surface area (Å²) in [5.41, 5.74) is 6.96. The van der Waals surface area contributed by atoms with E-state index in [0.717, 1.165) is 18.7 Å². The van der Waals surface area contributed by atoms with Crippen LogP contribution in [0.25, 0.3) is 0 Å². The number of carbonyl (C=O) groups is 1. The smallest absolute Gasteiger partial charge is 0.236 e. The first-order chi connectivity index (χ1) is 9.00. The molecule has 1 atom stereocenters. The van der Waals surface area contributed by atoms with Crippen LogP contribution in [-0.2, 0) is 4.79 Å². The fourth-order valence-corrected chi connectivity index (χ4v) is 1.90. The first-order valence-electron chi connectivity index (χ1n) is 6.80. The number of nitrogens with two attached hydrogens (primary N) is 1. The molecule has 0 aliphatic carbocycles. The largest absolute Gasteiger partial charge is 0.373 e. The Kier molecular flexibility index (Phi) is 12.4. The van der Waals surface area contributed by atoms with Crippen LogP contribution in [0.3, 0.4) is 0 Å². The van der Waals surface area contributed by atoms with Crippen LogP contribution in [0.5, 0.6) is 0 Å². The summed E-state index contributed by atoms with van der Waals surface area (Å²) in [4.78, 5) is 13.8. The molecule has 6 heteroatoms. The highest BCUT2D eigenvalue weighted by molar-refractivity contribution is 5.85. The van der Waals surface area contributed by atoms with Gasteiger partial charge in [0.2, 0.25) is 5.91 Å².